The first-order valence-corrected chi connectivity index (χ1v) is 6.35. The van der Waals surface area contributed by atoms with Gasteiger partial charge in [0.2, 0.25) is 5.89 Å². The summed E-state index contributed by atoms with van der Waals surface area (Å²) >= 11 is 6.09. The van der Waals surface area contributed by atoms with E-state index in [1.807, 2.05) is 25.1 Å². The van der Waals surface area contributed by atoms with Crippen molar-refractivity contribution >= 4 is 11.6 Å². The number of hydrogen-bond donors (Lipinski definition) is 1. The lowest BCUT2D eigenvalue weighted by atomic mass is 10.1. The van der Waals surface area contributed by atoms with Gasteiger partial charge in [0.25, 0.3) is 0 Å². The number of rotatable bonds is 5. The van der Waals surface area contributed by atoms with E-state index in [-0.39, 0.29) is 6.10 Å². The molecule has 0 aliphatic carbocycles. The summed E-state index contributed by atoms with van der Waals surface area (Å²) in [6, 6.07) is 6.81. The molecule has 1 heterocycles. The normalized spacial score (nSPS) is 14.3. The lowest BCUT2D eigenvalue weighted by Gasteiger charge is -2.08. The molecule has 2 aromatic rings. The standard InChI is InChI=1S/C13H16ClN3O2/c1-8(18-2)7-11-16-13(19-17-11)12(15)9-5-3-4-6-10(9)14/h3-6,8,12H,7,15H2,1-2H3/t8?,12-/m1/s1. The Morgan fingerprint density at radius 3 is 2.84 bits per heavy atom. The monoisotopic (exact) mass is 281 g/mol. The minimum absolute atomic E-state index is 0.0296. The van der Waals surface area contributed by atoms with Gasteiger partial charge in [-0.25, -0.2) is 0 Å². The largest absolute Gasteiger partial charge is 0.381 e. The van der Waals surface area contributed by atoms with E-state index in [0.29, 0.717) is 23.2 Å². The molecule has 0 aliphatic heterocycles. The molecule has 1 unspecified atom stereocenters. The molecule has 0 radical (unpaired) electrons. The zero-order chi connectivity index (χ0) is 13.8. The van der Waals surface area contributed by atoms with Crippen molar-refractivity contribution in [2.75, 3.05) is 7.11 Å². The van der Waals surface area contributed by atoms with Crippen LogP contribution in [0, 0.1) is 0 Å². The van der Waals surface area contributed by atoms with Crippen LogP contribution in [0.5, 0.6) is 0 Å². The molecule has 0 bridgehead atoms. The third kappa shape index (κ3) is 3.32. The number of ether oxygens (including phenoxy) is 1. The van der Waals surface area contributed by atoms with Gasteiger partial charge in [-0.05, 0) is 18.6 Å². The molecule has 2 N–H and O–H groups in total. The number of aromatic nitrogens is 2. The molecular weight excluding hydrogens is 266 g/mol. The molecule has 0 saturated carbocycles. The maximum Gasteiger partial charge on any atom is 0.248 e. The van der Waals surface area contributed by atoms with Crippen molar-refractivity contribution in [3.63, 3.8) is 0 Å². The van der Waals surface area contributed by atoms with Crippen LogP contribution in [0.15, 0.2) is 28.8 Å². The zero-order valence-corrected chi connectivity index (χ0v) is 11.6. The predicted octanol–water partition coefficient (Wildman–Crippen LogP) is 2.35. The van der Waals surface area contributed by atoms with Crippen LogP contribution in [0.25, 0.3) is 0 Å². The highest BCUT2D eigenvalue weighted by Crippen LogP contribution is 2.25. The Balaban J connectivity index is 2.16. The molecule has 5 nitrogen and oxygen atoms in total. The quantitative estimate of drug-likeness (QED) is 0.910. The molecule has 1 aromatic heterocycles. The molecule has 0 aliphatic rings. The minimum atomic E-state index is -0.521. The van der Waals surface area contributed by atoms with E-state index in [1.54, 1.807) is 13.2 Å². The van der Waals surface area contributed by atoms with Gasteiger partial charge in [-0.1, -0.05) is 35.0 Å². The molecule has 2 rings (SSSR count). The number of nitrogens with two attached hydrogens (primary N) is 1. The second-order valence-electron chi connectivity index (χ2n) is 4.30. The van der Waals surface area contributed by atoms with Crippen LogP contribution >= 0.6 is 11.6 Å². The second kappa shape index (κ2) is 6.14. The fourth-order valence-electron chi connectivity index (χ4n) is 1.68. The number of hydrogen-bond acceptors (Lipinski definition) is 5. The van der Waals surface area contributed by atoms with Gasteiger partial charge in [0.15, 0.2) is 5.82 Å². The van der Waals surface area contributed by atoms with Gasteiger partial charge in [-0.2, -0.15) is 4.98 Å². The zero-order valence-electron chi connectivity index (χ0n) is 10.8. The van der Waals surface area contributed by atoms with Gasteiger partial charge >= 0.3 is 0 Å². The number of methoxy groups -OCH3 is 1. The van der Waals surface area contributed by atoms with Crippen molar-refractivity contribution in [2.24, 2.45) is 5.73 Å². The summed E-state index contributed by atoms with van der Waals surface area (Å²) in [7, 11) is 1.64. The van der Waals surface area contributed by atoms with Gasteiger partial charge in [0.1, 0.15) is 6.04 Å². The predicted molar refractivity (Wildman–Crippen MR) is 72.0 cm³/mol. The maximum atomic E-state index is 6.09. The summed E-state index contributed by atoms with van der Waals surface area (Å²) in [5.41, 5.74) is 6.84. The molecule has 0 fully saturated rings. The molecule has 0 saturated heterocycles. The van der Waals surface area contributed by atoms with Gasteiger partial charge < -0.3 is 15.0 Å². The number of halogens is 1. The van der Waals surface area contributed by atoms with Crippen molar-refractivity contribution in [3.05, 3.63) is 46.6 Å². The Bertz CT molecular complexity index is 544. The second-order valence-corrected chi connectivity index (χ2v) is 4.71. The van der Waals surface area contributed by atoms with E-state index in [0.717, 1.165) is 5.56 Å². The molecule has 19 heavy (non-hydrogen) atoms. The van der Waals surface area contributed by atoms with Gasteiger partial charge in [-0.15, -0.1) is 0 Å². The van der Waals surface area contributed by atoms with E-state index in [9.17, 15) is 0 Å². The van der Waals surface area contributed by atoms with Crippen LogP contribution in [0.2, 0.25) is 5.02 Å². The third-order valence-corrected chi connectivity index (χ3v) is 3.21. The first-order chi connectivity index (χ1) is 9.11. The number of benzene rings is 1. The van der Waals surface area contributed by atoms with E-state index in [1.165, 1.54) is 0 Å². The van der Waals surface area contributed by atoms with Crippen molar-refractivity contribution in [3.8, 4) is 0 Å². The average molecular weight is 282 g/mol. The highest BCUT2D eigenvalue weighted by molar-refractivity contribution is 6.31. The van der Waals surface area contributed by atoms with E-state index >= 15 is 0 Å². The molecule has 6 heteroatoms. The minimum Gasteiger partial charge on any atom is -0.381 e. The van der Waals surface area contributed by atoms with Crippen LogP contribution in [0.4, 0.5) is 0 Å². The van der Waals surface area contributed by atoms with Gasteiger partial charge in [-0.3, -0.25) is 0 Å². The SMILES string of the molecule is COC(C)Cc1noc([C@H](N)c2ccccc2Cl)n1. The summed E-state index contributed by atoms with van der Waals surface area (Å²) in [5.74, 6) is 0.929. The smallest absolute Gasteiger partial charge is 0.248 e. The summed E-state index contributed by atoms with van der Waals surface area (Å²) < 4.78 is 10.3. The lowest BCUT2D eigenvalue weighted by molar-refractivity contribution is 0.116. The maximum absolute atomic E-state index is 6.09. The van der Waals surface area contributed by atoms with E-state index < -0.39 is 6.04 Å². The van der Waals surface area contributed by atoms with Crippen molar-refractivity contribution in [1.82, 2.24) is 10.1 Å². The average Bonchev–Trinajstić information content (AvgIpc) is 2.87. The lowest BCUT2D eigenvalue weighted by Crippen LogP contribution is -2.13. The third-order valence-electron chi connectivity index (χ3n) is 2.86. The summed E-state index contributed by atoms with van der Waals surface area (Å²) in [6.07, 6.45) is 0.608. The van der Waals surface area contributed by atoms with Crippen LogP contribution in [0.1, 0.15) is 30.2 Å². The van der Waals surface area contributed by atoms with Crippen LogP contribution in [0.3, 0.4) is 0 Å². The Morgan fingerprint density at radius 2 is 2.16 bits per heavy atom. The Labute approximate surface area is 116 Å². The fraction of sp³-hybridized carbons (Fsp3) is 0.385. The van der Waals surface area contributed by atoms with E-state index in [2.05, 4.69) is 10.1 Å². The molecular formula is C13H16ClN3O2. The summed E-state index contributed by atoms with van der Waals surface area (Å²) in [5, 5.41) is 4.47. The van der Waals surface area contributed by atoms with Gasteiger partial charge in [0.05, 0.1) is 6.10 Å². The molecule has 0 amide bonds. The first kappa shape index (κ1) is 14.0. The topological polar surface area (TPSA) is 74.2 Å². The van der Waals surface area contributed by atoms with Crippen molar-refractivity contribution < 1.29 is 9.26 Å². The Kier molecular flexibility index (Phi) is 4.52. The molecule has 1 aromatic carbocycles. The Morgan fingerprint density at radius 1 is 1.42 bits per heavy atom. The fourth-order valence-corrected chi connectivity index (χ4v) is 1.93. The number of nitrogens with zero attached hydrogens (tertiary/aromatic N) is 2. The van der Waals surface area contributed by atoms with Gasteiger partial charge in [0, 0.05) is 18.6 Å². The summed E-state index contributed by atoms with van der Waals surface area (Å²) in [4.78, 5) is 4.27. The van der Waals surface area contributed by atoms with E-state index in [4.69, 9.17) is 26.6 Å². The van der Waals surface area contributed by atoms with Crippen LogP contribution in [-0.2, 0) is 11.2 Å². The molecule has 102 valence electrons. The van der Waals surface area contributed by atoms with Crippen LogP contribution in [-0.4, -0.2) is 23.4 Å². The molecule has 2 atom stereocenters. The van der Waals surface area contributed by atoms with Crippen molar-refractivity contribution in [2.45, 2.75) is 25.5 Å². The highest BCUT2D eigenvalue weighted by Gasteiger charge is 2.19. The molecule has 0 spiro atoms. The summed E-state index contributed by atoms with van der Waals surface area (Å²) in [6.45, 7) is 1.93. The first-order valence-electron chi connectivity index (χ1n) is 5.97. The van der Waals surface area contributed by atoms with Crippen LogP contribution < -0.4 is 5.73 Å². The Hall–Kier alpha value is -1.43. The van der Waals surface area contributed by atoms with Crippen molar-refractivity contribution in [1.29, 1.82) is 0 Å². The highest BCUT2D eigenvalue weighted by atomic mass is 35.5.